The molecule has 5 nitrogen and oxygen atoms in total. The first-order chi connectivity index (χ1) is 9.66. The van der Waals surface area contributed by atoms with E-state index in [1.54, 1.807) is 6.20 Å². The van der Waals surface area contributed by atoms with Gasteiger partial charge < -0.3 is 20.1 Å². The number of hydrogen-bond donors (Lipinski definition) is 2. The minimum atomic E-state index is -0.567. The molecule has 0 amide bonds. The summed E-state index contributed by atoms with van der Waals surface area (Å²) in [5.41, 5.74) is 7.87. The summed E-state index contributed by atoms with van der Waals surface area (Å²) >= 11 is 0. The van der Waals surface area contributed by atoms with Crippen LogP contribution in [0.3, 0.4) is 0 Å². The van der Waals surface area contributed by atoms with Crippen LogP contribution in [0.1, 0.15) is 39.0 Å². The quantitative estimate of drug-likeness (QED) is 0.832. The maximum Gasteiger partial charge on any atom is 0.492 e. The van der Waals surface area contributed by atoms with Gasteiger partial charge in [-0.05, 0) is 51.7 Å². The highest BCUT2D eigenvalue weighted by Crippen LogP contribution is 2.38. The molecule has 114 valence electrons. The first-order valence-corrected chi connectivity index (χ1v) is 7.05. The van der Waals surface area contributed by atoms with E-state index in [1.165, 1.54) is 0 Å². The zero-order chi connectivity index (χ0) is 15.8. The van der Waals surface area contributed by atoms with Crippen molar-refractivity contribution in [1.29, 1.82) is 0 Å². The number of pyridine rings is 1. The third-order valence-electron chi connectivity index (χ3n) is 4.24. The summed E-state index contributed by atoms with van der Waals surface area (Å²) in [6, 6.07) is 1.82. The van der Waals surface area contributed by atoms with Crippen molar-refractivity contribution >= 4 is 18.9 Å². The molecular formula is C15H23BN2O3. The zero-order valence-electron chi connectivity index (χ0n) is 13.3. The minimum Gasteiger partial charge on any atom is -0.400 e. The van der Waals surface area contributed by atoms with Gasteiger partial charge in [0.05, 0.1) is 29.2 Å². The van der Waals surface area contributed by atoms with Crippen molar-refractivity contribution in [3.05, 3.63) is 29.0 Å². The number of aliphatic hydroxyl groups is 1. The molecule has 0 radical (unpaired) electrons. The lowest BCUT2D eigenvalue weighted by molar-refractivity contribution is 0.00578. The number of aryl methyl sites for hydroxylation is 1. The van der Waals surface area contributed by atoms with Gasteiger partial charge in [0, 0.05) is 6.20 Å². The fraction of sp³-hybridized carbons (Fsp3) is 0.533. The highest BCUT2D eigenvalue weighted by molar-refractivity contribution is 6.55. The number of rotatable bonds is 3. The van der Waals surface area contributed by atoms with Crippen LogP contribution in [-0.2, 0) is 9.31 Å². The minimum absolute atomic E-state index is 0.148. The molecule has 2 heterocycles. The van der Waals surface area contributed by atoms with Crippen LogP contribution >= 0.6 is 0 Å². The lowest BCUT2D eigenvalue weighted by Gasteiger charge is -2.32. The average Bonchev–Trinajstić information content (AvgIpc) is 2.59. The lowest BCUT2D eigenvalue weighted by atomic mass is 9.77. The molecule has 3 N–H and O–H groups in total. The molecule has 6 heteroatoms. The number of anilines is 1. The van der Waals surface area contributed by atoms with Gasteiger partial charge in [-0.15, -0.1) is 0 Å². The summed E-state index contributed by atoms with van der Waals surface area (Å²) in [5.74, 6) is 0. The normalized spacial score (nSPS) is 20.9. The topological polar surface area (TPSA) is 77.6 Å². The number of nitrogens with zero attached hydrogens (tertiary/aromatic N) is 1. The molecule has 0 saturated carbocycles. The Bertz CT molecular complexity index is 554. The highest BCUT2D eigenvalue weighted by atomic mass is 16.7. The monoisotopic (exact) mass is 290 g/mol. The molecule has 2 rings (SSSR count). The van der Waals surface area contributed by atoms with Crippen LogP contribution in [0.5, 0.6) is 0 Å². The molecule has 0 atom stereocenters. The van der Waals surface area contributed by atoms with E-state index >= 15 is 0 Å². The van der Waals surface area contributed by atoms with Crippen molar-refractivity contribution < 1.29 is 14.4 Å². The van der Waals surface area contributed by atoms with Crippen LogP contribution in [0.25, 0.3) is 6.08 Å². The Balaban J connectivity index is 2.28. The van der Waals surface area contributed by atoms with Crippen molar-refractivity contribution in [3.8, 4) is 0 Å². The summed E-state index contributed by atoms with van der Waals surface area (Å²) < 4.78 is 11.9. The van der Waals surface area contributed by atoms with Crippen LogP contribution in [0.15, 0.2) is 17.7 Å². The standard InChI is InChI=1S/C15H23BN2O3/c1-10-13(17)7-11(8-18-10)6-12(9-19)16-20-14(2,3)15(4,5)21-16/h6-8,19H,9,17H2,1-5H3. The van der Waals surface area contributed by atoms with Gasteiger partial charge in [0.15, 0.2) is 0 Å². The van der Waals surface area contributed by atoms with Crippen LogP contribution in [0.2, 0.25) is 0 Å². The maximum atomic E-state index is 9.63. The third kappa shape index (κ3) is 3.12. The molecule has 21 heavy (non-hydrogen) atoms. The molecule has 0 aliphatic carbocycles. The molecule has 1 aliphatic rings. The van der Waals surface area contributed by atoms with E-state index in [4.69, 9.17) is 15.0 Å². The highest BCUT2D eigenvalue weighted by Gasteiger charge is 2.52. The summed E-state index contributed by atoms with van der Waals surface area (Å²) in [6.45, 7) is 9.62. The lowest BCUT2D eigenvalue weighted by Crippen LogP contribution is -2.41. The molecule has 0 bridgehead atoms. The molecule has 1 saturated heterocycles. The summed E-state index contributed by atoms with van der Waals surface area (Å²) in [7, 11) is -0.567. The fourth-order valence-electron chi connectivity index (χ4n) is 2.04. The Morgan fingerprint density at radius 2 is 1.90 bits per heavy atom. The van der Waals surface area contributed by atoms with E-state index < -0.39 is 18.3 Å². The Hall–Kier alpha value is -1.37. The number of nitrogen functional groups attached to an aromatic ring is 1. The number of hydrogen-bond acceptors (Lipinski definition) is 5. The molecule has 0 aromatic carbocycles. The van der Waals surface area contributed by atoms with E-state index in [0.29, 0.717) is 11.2 Å². The van der Waals surface area contributed by atoms with Gasteiger partial charge in [0.2, 0.25) is 0 Å². The third-order valence-corrected chi connectivity index (χ3v) is 4.24. The zero-order valence-corrected chi connectivity index (χ0v) is 13.3. The van der Waals surface area contributed by atoms with Crippen molar-refractivity contribution in [2.24, 2.45) is 0 Å². The SMILES string of the molecule is Cc1ncc(C=C(CO)B2OC(C)(C)C(C)(C)O2)cc1N. The Labute approximate surface area is 126 Å². The van der Waals surface area contributed by atoms with Gasteiger partial charge in [-0.25, -0.2) is 0 Å². The van der Waals surface area contributed by atoms with Crippen molar-refractivity contribution in [2.75, 3.05) is 12.3 Å². The van der Waals surface area contributed by atoms with E-state index in [1.807, 2.05) is 46.8 Å². The molecule has 1 fully saturated rings. The number of nitrogens with two attached hydrogens (primary N) is 1. The largest absolute Gasteiger partial charge is 0.492 e. The number of aliphatic hydroxyl groups excluding tert-OH is 1. The predicted octanol–water partition coefficient (Wildman–Crippen LogP) is 1.98. The molecule has 0 spiro atoms. The smallest absolute Gasteiger partial charge is 0.400 e. The van der Waals surface area contributed by atoms with Crippen LogP contribution in [0, 0.1) is 6.92 Å². The van der Waals surface area contributed by atoms with Crippen LogP contribution in [-0.4, -0.2) is 35.0 Å². The van der Waals surface area contributed by atoms with Gasteiger partial charge in [-0.3, -0.25) is 4.98 Å². The Kier molecular flexibility index (Phi) is 4.15. The molecular weight excluding hydrogens is 267 g/mol. The molecule has 1 aliphatic heterocycles. The summed E-state index contributed by atoms with van der Waals surface area (Å²) in [4.78, 5) is 4.22. The average molecular weight is 290 g/mol. The van der Waals surface area contributed by atoms with Crippen molar-refractivity contribution in [3.63, 3.8) is 0 Å². The van der Waals surface area contributed by atoms with Crippen molar-refractivity contribution in [2.45, 2.75) is 45.8 Å². The fourth-order valence-corrected chi connectivity index (χ4v) is 2.04. The summed E-state index contributed by atoms with van der Waals surface area (Å²) in [5, 5.41) is 9.63. The van der Waals surface area contributed by atoms with Gasteiger partial charge in [0.1, 0.15) is 0 Å². The number of aromatic nitrogens is 1. The molecule has 1 aromatic rings. The van der Waals surface area contributed by atoms with E-state index in [9.17, 15) is 5.11 Å². The molecule has 1 aromatic heterocycles. The first kappa shape index (κ1) is 16.0. The predicted molar refractivity (Wildman–Crippen MR) is 84.5 cm³/mol. The van der Waals surface area contributed by atoms with Gasteiger partial charge >= 0.3 is 7.12 Å². The van der Waals surface area contributed by atoms with E-state index in [0.717, 1.165) is 11.3 Å². The maximum absolute atomic E-state index is 9.63. The van der Waals surface area contributed by atoms with E-state index in [2.05, 4.69) is 4.98 Å². The van der Waals surface area contributed by atoms with Gasteiger partial charge in [-0.1, -0.05) is 6.08 Å². The first-order valence-electron chi connectivity index (χ1n) is 7.05. The second-order valence-corrected chi connectivity index (χ2v) is 6.41. The van der Waals surface area contributed by atoms with Gasteiger partial charge in [0.25, 0.3) is 0 Å². The van der Waals surface area contributed by atoms with Crippen molar-refractivity contribution in [1.82, 2.24) is 4.98 Å². The van der Waals surface area contributed by atoms with Gasteiger partial charge in [-0.2, -0.15) is 0 Å². The second-order valence-electron chi connectivity index (χ2n) is 6.41. The summed E-state index contributed by atoms with van der Waals surface area (Å²) in [6.07, 6.45) is 3.53. The Morgan fingerprint density at radius 1 is 1.33 bits per heavy atom. The Morgan fingerprint density at radius 3 is 2.38 bits per heavy atom. The molecule has 0 unspecified atom stereocenters. The van der Waals surface area contributed by atoms with Crippen LogP contribution in [0.4, 0.5) is 5.69 Å². The van der Waals surface area contributed by atoms with E-state index in [-0.39, 0.29) is 6.61 Å². The van der Waals surface area contributed by atoms with Crippen LogP contribution < -0.4 is 5.73 Å². The second kappa shape index (κ2) is 5.44.